The molecule has 0 unspecified atom stereocenters. The van der Waals surface area contributed by atoms with E-state index in [1.54, 1.807) is 14.2 Å². The molecule has 0 bridgehead atoms. The van der Waals surface area contributed by atoms with Gasteiger partial charge in [0, 0.05) is 36.7 Å². The number of ether oxygens (including phenoxy) is 3. The third kappa shape index (κ3) is 6.87. The number of nitrogens with zero attached hydrogens (tertiary/aromatic N) is 1. The van der Waals surface area contributed by atoms with Crippen molar-refractivity contribution in [2.45, 2.75) is 18.9 Å². The first kappa shape index (κ1) is 25.9. The fraction of sp³-hybridized carbons (Fsp3) is 0.360. The number of aliphatic carboxylic acids is 2. The second-order valence-corrected chi connectivity index (χ2v) is 8.05. The van der Waals surface area contributed by atoms with E-state index in [9.17, 15) is 5.11 Å². The van der Waals surface area contributed by atoms with E-state index in [-0.39, 0.29) is 6.61 Å². The van der Waals surface area contributed by atoms with Crippen molar-refractivity contribution >= 4 is 22.8 Å². The summed E-state index contributed by atoms with van der Waals surface area (Å²) in [4.78, 5) is 23.7. The van der Waals surface area contributed by atoms with Gasteiger partial charge in [-0.05, 0) is 54.3 Å². The topological polar surface area (TPSA) is 142 Å². The Kier molecular flexibility index (Phi) is 8.93. The number of carboxylic acid groups (broad SMARTS) is 2. The van der Waals surface area contributed by atoms with Crippen LogP contribution in [0.15, 0.2) is 42.6 Å². The lowest BCUT2D eigenvalue weighted by Gasteiger charge is -2.23. The Hall–Kier alpha value is -3.76. The van der Waals surface area contributed by atoms with Crippen LogP contribution in [0, 0.1) is 0 Å². The third-order valence-electron chi connectivity index (χ3n) is 5.74. The van der Waals surface area contributed by atoms with E-state index in [1.165, 1.54) is 11.1 Å². The fourth-order valence-corrected chi connectivity index (χ4v) is 4.00. The number of benzene rings is 2. The van der Waals surface area contributed by atoms with Crippen LogP contribution < -0.4 is 14.2 Å². The van der Waals surface area contributed by atoms with Gasteiger partial charge in [0.25, 0.3) is 0 Å². The van der Waals surface area contributed by atoms with Crippen molar-refractivity contribution in [2.24, 2.45) is 0 Å². The summed E-state index contributed by atoms with van der Waals surface area (Å²) in [6, 6.07) is 12.0. The van der Waals surface area contributed by atoms with Crippen molar-refractivity contribution in [3.63, 3.8) is 0 Å². The van der Waals surface area contributed by atoms with Gasteiger partial charge in [-0.15, -0.1) is 0 Å². The number of fused-ring (bicyclic) bond motifs is 2. The van der Waals surface area contributed by atoms with E-state index < -0.39 is 18.0 Å². The summed E-state index contributed by atoms with van der Waals surface area (Å²) >= 11 is 0. The molecule has 0 fully saturated rings. The van der Waals surface area contributed by atoms with Crippen LogP contribution in [-0.2, 0) is 22.4 Å². The molecule has 4 rings (SSSR count). The van der Waals surface area contributed by atoms with Gasteiger partial charge in [0.1, 0.15) is 18.5 Å². The second kappa shape index (κ2) is 12.1. The molecule has 0 amide bonds. The maximum atomic E-state index is 10.5. The quantitative estimate of drug-likeness (QED) is 0.370. The maximum absolute atomic E-state index is 10.5. The predicted molar refractivity (Wildman–Crippen MR) is 128 cm³/mol. The van der Waals surface area contributed by atoms with E-state index in [1.807, 2.05) is 30.5 Å². The Morgan fingerprint density at radius 3 is 2.11 bits per heavy atom. The maximum Gasteiger partial charge on any atom is 0.414 e. The Morgan fingerprint density at radius 1 is 0.971 bits per heavy atom. The van der Waals surface area contributed by atoms with E-state index in [0.29, 0.717) is 6.54 Å². The molecule has 1 aliphatic heterocycles. The summed E-state index contributed by atoms with van der Waals surface area (Å²) in [5.41, 5.74) is 3.61. The van der Waals surface area contributed by atoms with Crippen LogP contribution >= 0.6 is 0 Å². The van der Waals surface area contributed by atoms with Crippen LogP contribution in [0.25, 0.3) is 10.9 Å². The number of carbonyl (C=O) groups is 2. The van der Waals surface area contributed by atoms with E-state index in [4.69, 9.17) is 34.0 Å². The fourth-order valence-electron chi connectivity index (χ4n) is 4.00. The monoisotopic (exact) mass is 486 g/mol. The van der Waals surface area contributed by atoms with Crippen molar-refractivity contribution in [3.8, 4) is 17.2 Å². The predicted octanol–water partition coefficient (Wildman–Crippen LogP) is 2.18. The van der Waals surface area contributed by atoms with Crippen LogP contribution in [-0.4, -0.2) is 83.7 Å². The number of hydrogen-bond acceptors (Lipinski definition) is 7. The van der Waals surface area contributed by atoms with Gasteiger partial charge < -0.3 is 34.5 Å². The largest absolute Gasteiger partial charge is 0.493 e. The zero-order valence-corrected chi connectivity index (χ0v) is 19.7. The number of aromatic amines is 1. The summed E-state index contributed by atoms with van der Waals surface area (Å²) in [5.74, 6) is -1.31. The van der Waals surface area contributed by atoms with Gasteiger partial charge in [0.05, 0.1) is 14.2 Å². The molecule has 1 atom stereocenters. The molecule has 1 aliphatic rings. The van der Waals surface area contributed by atoms with E-state index in [2.05, 4.69) is 22.0 Å². The lowest BCUT2D eigenvalue weighted by Crippen LogP contribution is -2.37. The summed E-state index contributed by atoms with van der Waals surface area (Å²) < 4.78 is 16.8. The van der Waals surface area contributed by atoms with Gasteiger partial charge in [-0.2, -0.15) is 0 Å². The normalized spacial score (nSPS) is 14.1. The lowest BCUT2D eigenvalue weighted by atomic mass is 10.0. The van der Waals surface area contributed by atoms with Gasteiger partial charge in [-0.1, -0.05) is 6.07 Å². The van der Waals surface area contributed by atoms with E-state index in [0.717, 1.165) is 54.1 Å². The van der Waals surface area contributed by atoms with Crippen LogP contribution in [0.3, 0.4) is 0 Å². The molecule has 4 N–H and O–H groups in total. The molecule has 0 spiro atoms. The molecule has 0 saturated heterocycles. The van der Waals surface area contributed by atoms with Crippen LogP contribution in [0.1, 0.15) is 11.1 Å². The molecule has 2 heterocycles. The van der Waals surface area contributed by atoms with Crippen molar-refractivity contribution in [2.75, 3.05) is 40.5 Å². The number of carboxylic acids is 2. The minimum absolute atomic E-state index is 0.273. The highest BCUT2D eigenvalue weighted by Crippen LogP contribution is 2.32. The molecule has 188 valence electrons. The smallest absolute Gasteiger partial charge is 0.414 e. The number of methoxy groups -OCH3 is 2. The lowest BCUT2D eigenvalue weighted by molar-refractivity contribution is -0.159. The SMILES string of the molecule is COc1cc2c(cc1OC)CCN(C[C@H](O)COc1cccc3[nH]ccc13)CC2.O=C(O)C(=O)O. The van der Waals surface area contributed by atoms with Gasteiger partial charge in [0.2, 0.25) is 0 Å². The molecule has 10 nitrogen and oxygen atoms in total. The molecule has 3 aromatic rings. The number of aromatic nitrogens is 1. The molecule has 0 aliphatic carbocycles. The minimum Gasteiger partial charge on any atom is -0.493 e. The number of β-amino-alcohol motifs (C(OH)–C–C–N with tert-alkyl or cyclic N) is 1. The van der Waals surface area contributed by atoms with Crippen LogP contribution in [0.5, 0.6) is 17.2 Å². The summed E-state index contributed by atoms with van der Waals surface area (Å²) in [6.07, 6.45) is 3.19. The molecular weight excluding hydrogens is 456 g/mol. The summed E-state index contributed by atoms with van der Waals surface area (Å²) in [6.45, 7) is 2.65. The van der Waals surface area contributed by atoms with Crippen LogP contribution in [0.4, 0.5) is 0 Å². The Labute approximate surface area is 202 Å². The van der Waals surface area contributed by atoms with E-state index >= 15 is 0 Å². The molecule has 1 aromatic heterocycles. The van der Waals surface area contributed by atoms with Gasteiger partial charge in [0.15, 0.2) is 11.5 Å². The second-order valence-electron chi connectivity index (χ2n) is 8.05. The minimum atomic E-state index is -1.82. The van der Waals surface area contributed by atoms with Gasteiger partial charge >= 0.3 is 11.9 Å². The molecule has 0 saturated carbocycles. The Bertz CT molecular complexity index is 1110. The Balaban J connectivity index is 0.000000509. The van der Waals surface area contributed by atoms with Gasteiger partial charge in [-0.25, -0.2) is 9.59 Å². The van der Waals surface area contributed by atoms with Crippen molar-refractivity contribution in [1.29, 1.82) is 0 Å². The Morgan fingerprint density at radius 2 is 1.57 bits per heavy atom. The highest BCUT2D eigenvalue weighted by Gasteiger charge is 2.19. The molecule has 2 aromatic carbocycles. The molecule has 0 radical (unpaired) electrons. The molecular formula is C25H30N2O8. The van der Waals surface area contributed by atoms with Crippen LogP contribution in [0.2, 0.25) is 0 Å². The number of nitrogens with one attached hydrogen (secondary N) is 1. The number of H-pyrrole nitrogens is 1. The van der Waals surface area contributed by atoms with Gasteiger partial charge in [-0.3, -0.25) is 4.90 Å². The highest BCUT2D eigenvalue weighted by molar-refractivity contribution is 6.27. The zero-order chi connectivity index (χ0) is 25.4. The zero-order valence-electron chi connectivity index (χ0n) is 19.7. The number of hydrogen-bond donors (Lipinski definition) is 4. The van der Waals surface area contributed by atoms with Crippen molar-refractivity contribution in [1.82, 2.24) is 9.88 Å². The average Bonchev–Trinajstić information content (AvgIpc) is 3.25. The van der Waals surface area contributed by atoms with Crippen molar-refractivity contribution in [3.05, 3.63) is 53.7 Å². The first-order valence-electron chi connectivity index (χ1n) is 11.1. The first-order chi connectivity index (χ1) is 16.8. The summed E-state index contributed by atoms with van der Waals surface area (Å²) in [7, 11) is 3.33. The number of rotatable bonds is 7. The standard InChI is InChI=1S/C23H28N2O4.C2H2O4/c1-27-22-12-16-7-10-25(11-8-17(16)13-23(22)28-2)14-18(26)15-29-21-5-3-4-20-19(21)6-9-24-20;3-1(4)2(5)6/h3-6,9,12-13,18,24,26H,7-8,10-11,14-15H2,1-2H3;(H,3,4)(H,5,6)/t18-;/m0./s1. The van der Waals surface area contributed by atoms with Crippen molar-refractivity contribution < 1.29 is 39.1 Å². The molecule has 35 heavy (non-hydrogen) atoms. The first-order valence-corrected chi connectivity index (χ1v) is 11.1. The summed E-state index contributed by atoms with van der Waals surface area (Å²) in [5, 5.41) is 26.4. The number of aliphatic hydroxyl groups is 1. The highest BCUT2D eigenvalue weighted by atomic mass is 16.5. The molecule has 10 heteroatoms. The third-order valence-corrected chi connectivity index (χ3v) is 5.74. The average molecular weight is 487 g/mol. The number of aliphatic hydroxyl groups excluding tert-OH is 1.